The number of aryl methyl sites for hydroxylation is 2. The molecule has 10 heteroatoms. The van der Waals surface area contributed by atoms with Gasteiger partial charge in [0.1, 0.15) is 20.2 Å². The van der Waals surface area contributed by atoms with Crippen LogP contribution in [0.15, 0.2) is 58.3 Å². The molecule has 0 radical (unpaired) electrons. The van der Waals surface area contributed by atoms with Crippen molar-refractivity contribution >= 4 is 20.2 Å². The summed E-state index contributed by atoms with van der Waals surface area (Å²) in [5, 5.41) is 0. The molecule has 24 heavy (non-hydrogen) atoms. The molecule has 0 unspecified atom stereocenters. The summed E-state index contributed by atoms with van der Waals surface area (Å²) in [6.45, 7) is 0. The Kier molecular flexibility index (Phi) is 9.93. The van der Waals surface area contributed by atoms with Gasteiger partial charge in [-0.2, -0.15) is 0 Å². The van der Waals surface area contributed by atoms with E-state index in [0.717, 1.165) is 0 Å². The molecule has 0 aliphatic rings. The maximum absolute atomic E-state index is 11.2. The van der Waals surface area contributed by atoms with Crippen molar-refractivity contribution in [2.45, 2.75) is 22.6 Å². The van der Waals surface area contributed by atoms with Gasteiger partial charge in [0.2, 0.25) is 0 Å². The van der Waals surface area contributed by atoms with E-state index in [4.69, 9.17) is 0 Å². The summed E-state index contributed by atoms with van der Waals surface area (Å²) in [6.07, 6.45) is 0.258. The van der Waals surface area contributed by atoms with Crippen LogP contribution in [0.1, 0.15) is 11.1 Å². The van der Waals surface area contributed by atoms with Crippen molar-refractivity contribution in [2.24, 2.45) is 0 Å². The first kappa shape index (κ1) is 24.3. The molecule has 0 N–H and O–H groups in total. The van der Waals surface area contributed by atoms with Crippen molar-refractivity contribution in [1.29, 1.82) is 0 Å². The fourth-order valence-electron chi connectivity index (χ4n) is 2.18. The molecule has 0 saturated carbocycles. The second-order valence-corrected chi connectivity index (χ2v) is 7.32. The summed E-state index contributed by atoms with van der Waals surface area (Å²) >= 11 is 0. The third-order valence-corrected chi connectivity index (χ3v) is 5.02. The van der Waals surface area contributed by atoms with Crippen LogP contribution in [0.3, 0.4) is 0 Å². The Balaban J connectivity index is 0.00000264. The van der Waals surface area contributed by atoms with Crippen molar-refractivity contribution < 1.29 is 85.1 Å². The molecule has 2 rings (SSSR count). The molecule has 0 spiro atoms. The van der Waals surface area contributed by atoms with Gasteiger partial charge in [-0.15, -0.1) is 0 Å². The smallest absolute Gasteiger partial charge is 0.744 e. The van der Waals surface area contributed by atoms with Gasteiger partial charge in [0.25, 0.3) is 0 Å². The maximum Gasteiger partial charge on any atom is 1.00 e. The van der Waals surface area contributed by atoms with E-state index in [-0.39, 0.29) is 92.9 Å². The Morgan fingerprint density at radius 3 is 1.21 bits per heavy atom. The minimum atomic E-state index is -4.61. The molecular formula is C14H12Na2O6S2. The first-order valence-corrected chi connectivity index (χ1v) is 9.09. The van der Waals surface area contributed by atoms with Gasteiger partial charge in [0.05, 0.1) is 9.79 Å². The van der Waals surface area contributed by atoms with Crippen LogP contribution >= 0.6 is 0 Å². The van der Waals surface area contributed by atoms with Gasteiger partial charge in [-0.25, -0.2) is 16.8 Å². The fraction of sp³-hybridized carbons (Fsp3) is 0.143. The van der Waals surface area contributed by atoms with E-state index in [1.165, 1.54) is 36.4 Å². The Labute approximate surface area is 185 Å². The predicted molar refractivity (Wildman–Crippen MR) is 76.2 cm³/mol. The summed E-state index contributed by atoms with van der Waals surface area (Å²) in [5.74, 6) is 0. The molecule has 0 aromatic heterocycles. The van der Waals surface area contributed by atoms with Crippen LogP contribution in [-0.2, 0) is 33.1 Å². The molecule has 2 aromatic rings. The Morgan fingerprint density at radius 2 is 0.917 bits per heavy atom. The van der Waals surface area contributed by atoms with Gasteiger partial charge in [0.15, 0.2) is 0 Å². The number of benzene rings is 2. The fourth-order valence-corrected chi connectivity index (χ4v) is 3.65. The molecule has 0 bridgehead atoms. The summed E-state index contributed by atoms with van der Waals surface area (Å²) in [6, 6.07) is 11.4. The second-order valence-electron chi connectivity index (χ2n) is 4.62. The van der Waals surface area contributed by atoms with Crippen LogP contribution in [-0.4, -0.2) is 25.9 Å². The van der Waals surface area contributed by atoms with Crippen molar-refractivity contribution in [2.75, 3.05) is 0 Å². The zero-order chi connectivity index (χ0) is 16.4. The quantitative estimate of drug-likeness (QED) is 0.377. The summed E-state index contributed by atoms with van der Waals surface area (Å²) in [7, 11) is -9.21. The van der Waals surface area contributed by atoms with Crippen LogP contribution in [0.4, 0.5) is 0 Å². The molecule has 0 aliphatic heterocycles. The SMILES string of the molecule is O=S(=O)([O-])c1ccccc1CCc1ccccc1S(=O)(=O)[O-].[Na+].[Na+]. The van der Waals surface area contributed by atoms with Crippen LogP contribution in [0, 0.1) is 0 Å². The van der Waals surface area contributed by atoms with Gasteiger partial charge >= 0.3 is 59.1 Å². The first-order valence-electron chi connectivity index (χ1n) is 6.27. The minimum absolute atomic E-state index is 0. The van der Waals surface area contributed by atoms with Crippen molar-refractivity contribution in [1.82, 2.24) is 0 Å². The zero-order valence-corrected chi connectivity index (χ0v) is 18.9. The molecule has 0 atom stereocenters. The molecule has 6 nitrogen and oxygen atoms in total. The summed E-state index contributed by atoms with van der Waals surface area (Å²) < 4.78 is 67.1. The minimum Gasteiger partial charge on any atom is -0.744 e. The topological polar surface area (TPSA) is 114 Å². The van der Waals surface area contributed by atoms with Gasteiger partial charge in [0, 0.05) is 0 Å². The van der Waals surface area contributed by atoms with E-state index in [0.29, 0.717) is 0 Å². The first-order chi connectivity index (χ1) is 10.2. The van der Waals surface area contributed by atoms with Gasteiger partial charge in [-0.1, -0.05) is 36.4 Å². The van der Waals surface area contributed by atoms with E-state index in [9.17, 15) is 25.9 Å². The Morgan fingerprint density at radius 1 is 0.625 bits per heavy atom. The average Bonchev–Trinajstić information content (AvgIpc) is 2.44. The molecule has 0 amide bonds. The third kappa shape index (κ3) is 6.53. The van der Waals surface area contributed by atoms with Crippen LogP contribution in [0.5, 0.6) is 0 Å². The monoisotopic (exact) mass is 386 g/mol. The van der Waals surface area contributed by atoms with Gasteiger partial charge in [-0.3, -0.25) is 0 Å². The van der Waals surface area contributed by atoms with Crippen LogP contribution < -0.4 is 59.1 Å². The van der Waals surface area contributed by atoms with Crippen molar-refractivity contribution in [3.05, 3.63) is 59.7 Å². The summed E-state index contributed by atoms with van der Waals surface area (Å²) in [4.78, 5) is -0.671. The summed E-state index contributed by atoms with van der Waals surface area (Å²) in [5.41, 5.74) is 0.575. The molecule has 0 heterocycles. The average molecular weight is 386 g/mol. The van der Waals surface area contributed by atoms with Gasteiger partial charge in [-0.05, 0) is 36.1 Å². The van der Waals surface area contributed by atoms with E-state index in [2.05, 4.69) is 0 Å². The van der Waals surface area contributed by atoms with E-state index >= 15 is 0 Å². The Hall–Kier alpha value is 0.260. The van der Waals surface area contributed by atoms with Gasteiger partial charge < -0.3 is 9.11 Å². The molecule has 0 aliphatic carbocycles. The molecule has 118 valence electrons. The number of rotatable bonds is 5. The third-order valence-electron chi connectivity index (χ3n) is 3.15. The molecule has 2 aromatic carbocycles. The zero-order valence-electron chi connectivity index (χ0n) is 13.3. The standard InChI is InChI=1S/C14H14O6S2.2Na/c15-21(16,17)13-7-3-1-5-11(13)9-10-12-6-2-4-8-14(12)22(18,19)20;;/h1-8H,9-10H2,(H,15,16,17)(H,18,19,20);;/q;2*+1/p-2. The van der Waals surface area contributed by atoms with E-state index in [1.54, 1.807) is 12.1 Å². The van der Waals surface area contributed by atoms with Crippen LogP contribution in [0.25, 0.3) is 0 Å². The largest absolute Gasteiger partial charge is 1.00 e. The number of hydrogen-bond donors (Lipinski definition) is 0. The second kappa shape index (κ2) is 9.82. The van der Waals surface area contributed by atoms with E-state index < -0.39 is 20.2 Å². The van der Waals surface area contributed by atoms with Crippen LogP contribution in [0.2, 0.25) is 0 Å². The van der Waals surface area contributed by atoms with Crippen molar-refractivity contribution in [3.8, 4) is 0 Å². The maximum atomic E-state index is 11.2. The van der Waals surface area contributed by atoms with E-state index in [1.807, 2.05) is 0 Å². The number of hydrogen-bond acceptors (Lipinski definition) is 6. The molecular weight excluding hydrogens is 374 g/mol. The van der Waals surface area contributed by atoms with Crippen molar-refractivity contribution in [3.63, 3.8) is 0 Å². The predicted octanol–water partition coefficient (Wildman–Crippen LogP) is -4.71. The normalized spacial score (nSPS) is 11.2. The Bertz CT molecular complexity index is 819. The molecule has 0 saturated heterocycles. The molecule has 0 fully saturated rings.